The number of aromatic amines is 1. The van der Waals surface area contributed by atoms with Gasteiger partial charge in [-0.25, -0.2) is 0 Å². The highest BCUT2D eigenvalue weighted by atomic mass is 14.9. The normalized spacial score (nSPS) is 15.0. The Balaban J connectivity index is 1.96. The maximum absolute atomic E-state index is 3.68. The summed E-state index contributed by atoms with van der Waals surface area (Å²) in [7, 11) is 0. The number of para-hydroxylation sites is 1. The lowest BCUT2D eigenvalue weighted by atomic mass is 10.0. The summed E-state index contributed by atoms with van der Waals surface area (Å²) in [4.78, 5) is 3.68. The quantitative estimate of drug-likeness (QED) is 0.690. The lowest BCUT2D eigenvalue weighted by Gasteiger charge is -2.04. The highest BCUT2D eigenvalue weighted by Crippen LogP contribution is 2.32. The van der Waals surface area contributed by atoms with Gasteiger partial charge in [0.2, 0.25) is 0 Å². The Morgan fingerprint density at radius 1 is 0.800 bits per heavy atom. The summed E-state index contributed by atoms with van der Waals surface area (Å²) >= 11 is 0. The molecule has 2 N–H and O–H groups in total. The molecule has 0 bridgehead atoms. The zero-order valence-corrected chi connectivity index (χ0v) is 11.4. The van der Waals surface area contributed by atoms with Crippen LogP contribution in [0.1, 0.15) is 11.3 Å². The summed E-state index contributed by atoms with van der Waals surface area (Å²) < 4.78 is 0. The first-order valence-corrected chi connectivity index (χ1v) is 7.32. The second-order valence-electron chi connectivity index (χ2n) is 5.43. The number of aromatic nitrogens is 1. The molecule has 0 spiro atoms. The monoisotopic (exact) mass is 262 g/mol. The van der Waals surface area contributed by atoms with E-state index in [1.54, 1.807) is 0 Å². The van der Waals surface area contributed by atoms with Crippen LogP contribution in [0.4, 0.5) is 0 Å². The van der Waals surface area contributed by atoms with E-state index in [-0.39, 0.29) is 0 Å². The van der Waals surface area contributed by atoms with Crippen molar-refractivity contribution < 1.29 is 0 Å². The van der Waals surface area contributed by atoms with Crippen LogP contribution in [0.15, 0.2) is 48.5 Å². The average molecular weight is 262 g/mol. The molecule has 0 fully saturated rings. The average Bonchev–Trinajstić information content (AvgIpc) is 2.70. The molecule has 0 saturated carbocycles. The van der Waals surface area contributed by atoms with E-state index in [1.165, 1.54) is 33.3 Å². The summed E-state index contributed by atoms with van der Waals surface area (Å²) in [5.41, 5.74) is 6.80. The van der Waals surface area contributed by atoms with E-state index in [2.05, 4.69) is 58.8 Å². The van der Waals surface area contributed by atoms with Gasteiger partial charge in [0.05, 0.1) is 5.52 Å². The van der Waals surface area contributed by atoms with Crippen LogP contribution in [-0.2, 0) is 12.8 Å². The van der Waals surface area contributed by atoms with Gasteiger partial charge in [0.15, 0.2) is 0 Å². The molecule has 2 heterocycles. The molecule has 0 aliphatic carbocycles. The molecule has 3 aromatic rings. The van der Waals surface area contributed by atoms with Gasteiger partial charge in [0.1, 0.15) is 0 Å². The zero-order valence-electron chi connectivity index (χ0n) is 11.4. The Hall–Kier alpha value is -2.06. The molecule has 0 atom stereocenters. The van der Waals surface area contributed by atoms with Crippen molar-refractivity contribution in [3.05, 3.63) is 59.8 Å². The standard InChI is InChI=1S/C18H18N2/c1-2-5-13(6-3-1)14-7-4-8-16-15-9-11-19-12-10-17(15)20-18(14)16/h1-8,19-20H,9-12H2. The van der Waals surface area contributed by atoms with Gasteiger partial charge >= 0.3 is 0 Å². The highest BCUT2D eigenvalue weighted by Gasteiger charge is 2.15. The van der Waals surface area contributed by atoms with E-state index in [1.807, 2.05) is 0 Å². The number of benzene rings is 2. The van der Waals surface area contributed by atoms with Crippen molar-refractivity contribution in [1.82, 2.24) is 10.3 Å². The molecule has 100 valence electrons. The summed E-state index contributed by atoms with van der Waals surface area (Å²) in [5, 5.41) is 4.86. The van der Waals surface area contributed by atoms with Crippen LogP contribution in [-0.4, -0.2) is 18.1 Å². The summed E-state index contributed by atoms with van der Waals surface area (Å²) in [6.07, 6.45) is 2.21. The lowest BCUT2D eigenvalue weighted by Crippen LogP contribution is -2.16. The molecular weight excluding hydrogens is 244 g/mol. The summed E-state index contributed by atoms with van der Waals surface area (Å²) in [6.45, 7) is 2.15. The van der Waals surface area contributed by atoms with Crippen molar-refractivity contribution in [2.75, 3.05) is 13.1 Å². The predicted molar refractivity (Wildman–Crippen MR) is 84.0 cm³/mol. The molecule has 1 aromatic heterocycles. The Morgan fingerprint density at radius 2 is 1.65 bits per heavy atom. The molecule has 2 nitrogen and oxygen atoms in total. The first-order valence-electron chi connectivity index (χ1n) is 7.32. The van der Waals surface area contributed by atoms with Gasteiger partial charge in [0, 0.05) is 29.6 Å². The fraction of sp³-hybridized carbons (Fsp3) is 0.222. The number of H-pyrrole nitrogens is 1. The van der Waals surface area contributed by atoms with Crippen LogP contribution in [0, 0.1) is 0 Å². The minimum Gasteiger partial charge on any atom is -0.358 e. The number of hydrogen-bond donors (Lipinski definition) is 2. The van der Waals surface area contributed by atoms with Gasteiger partial charge in [-0.1, -0.05) is 48.5 Å². The maximum Gasteiger partial charge on any atom is 0.0538 e. The minimum absolute atomic E-state index is 1.07. The fourth-order valence-electron chi connectivity index (χ4n) is 3.24. The smallest absolute Gasteiger partial charge is 0.0538 e. The topological polar surface area (TPSA) is 27.8 Å². The molecule has 20 heavy (non-hydrogen) atoms. The second kappa shape index (κ2) is 4.80. The van der Waals surface area contributed by atoms with Gasteiger partial charge < -0.3 is 10.3 Å². The number of rotatable bonds is 1. The van der Waals surface area contributed by atoms with Crippen molar-refractivity contribution in [3.8, 4) is 11.1 Å². The maximum atomic E-state index is 3.68. The summed E-state index contributed by atoms with van der Waals surface area (Å²) in [5.74, 6) is 0. The molecule has 1 aliphatic heterocycles. The Labute approximate surface area is 118 Å². The van der Waals surface area contributed by atoms with Crippen molar-refractivity contribution in [3.63, 3.8) is 0 Å². The molecule has 0 unspecified atom stereocenters. The zero-order chi connectivity index (χ0) is 13.4. The fourth-order valence-corrected chi connectivity index (χ4v) is 3.24. The lowest BCUT2D eigenvalue weighted by molar-refractivity contribution is 0.708. The molecule has 4 rings (SSSR count). The summed E-state index contributed by atoms with van der Waals surface area (Å²) in [6, 6.07) is 17.3. The Bertz CT molecular complexity index is 741. The van der Waals surface area contributed by atoms with E-state index < -0.39 is 0 Å². The Morgan fingerprint density at radius 3 is 2.55 bits per heavy atom. The third-order valence-corrected chi connectivity index (χ3v) is 4.22. The van der Waals surface area contributed by atoms with Gasteiger partial charge in [-0.15, -0.1) is 0 Å². The van der Waals surface area contributed by atoms with Crippen molar-refractivity contribution in [1.29, 1.82) is 0 Å². The van der Waals surface area contributed by atoms with Crippen LogP contribution < -0.4 is 5.32 Å². The second-order valence-corrected chi connectivity index (χ2v) is 5.43. The van der Waals surface area contributed by atoms with Gasteiger partial charge in [0.25, 0.3) is 0 Å². The van der Waals surface area contributed by atoms with Crippen LogP contribution in [0.25, 0.3) is 22.0 Å². The first kappa shape index (κ1) is 11.7. The van der Waals surface area contributed by atoms with Crippen molar-refractivity contribution >= 4 is 10.9 Å². The molecule has 1 aliphatic rings. The Kier molecular flexibility index (Phi) is 2.82. The third-order valence-electron chi connectivity index (χ3n) is 4.22. The third kappa shape index (κ3) is 1.84. The molecule has 2 aromatic carbocycles. The van der Waals surface area contributed by atoms with E-state index in [4.69, 9.17) is 0 Å². The highest BCUT2D eigenvalue weighted by molar-refractivity contribution is 5.97. The molecule has 0 amide bonds. The molecule has 2 heteroatoms. The van der Waals surface area contributed by atoms with Crippen molar-refractivity contribution in [2.24, 2.45) is 0 Å². The van der Waals surface area contributed by atoms with E-state index in [0.717, 1.165) is 25.9 Å². The van der Waals surface area contributed by atoms with Crippen LogP contribution >= 0.6 is 0 Å². The van der Waals surface area contributed by atoms with Gasteiger partial charge in [-0.2, -0.15) is 0 Å². The van der Waals surface area contributed by atoms with Crippen LogP contribution in [0.5, 0.6) is 0 Å². The van der Waals surface area contributed by atoms with Gasteiger partial charge in [-0.3, -0.25) is 0 Å². The molecule has 0 radical (unpaired) electrons. The van der Waals surface area contributed by atoms with E-state index >= 15 is 0 Å². The number of fused-ring (bicyclic) bond motifs is 3. The number of nitrogens with one attached hydrogen (secondary N) is 2. The number of hydrogen-bond acceptors (Lipinski definition) is 1. The minimum atomic E-state index is 1.07. The SMILES string of the molecule is c1ccc(-c2cccc3c4c([nH]c23)CCNCC4)cc1. The van der Waals surface area contributed by atoms with E-state index in [9.17, 15) is 0 Å². The van der Waals surface area contributed by atoms with Crippen LogP contribution in [0.3, 0.4) is 0 Å². The molecule has 0 saturated heterocycles. The van der Waals surface area contributed by atoms with Crippen LogP contribution in [0.2, 0.25) is 0 Å². The first-order chi connectivity index (χ1) is 9.93. The van der Waals surface area contributed by atoms with E-state index in [0.29, 0.717) is 0 Å². The molecular formula is C18H18N2. The van der Waals surface area contributed by atoms with Crippen molar-refractivity contribution in [2.45, 2.75) is 12.8 Å². The van der Waals surface area contributed by atoms with Gasteiger partial charge in [-0.05, 0) is 24.1 Å². The predicted octanol–water partition coefficient (Wildman–Crippen LogP) is 3.52. The largest absolute Gasteiger partial charge is 0.358 e.